The van der Waals surface area contributed by atoms with E-state index >= 15 is 0 Å². The molecule has 0 saturated carbocycles. The number of ketones is 1. The van der Waals surface area contributed by atoms with E-state index < -0.39 is 0 Å². The van der Waals surface area contributed by atoms with E-state index in [2.05, 4.69) is 0 Å². The van der Waals surface area contributed by atoms with Crippen molar-refractivity contribution in [3.05, 3.63) is 5.21 Å². The van der Waals surface area contributed by atoms with E-state index in [0.717, 1.165) is 5.06 Å². The van der Waals surface area contributed by atoms with E-state index in [1.165, 1.54) is 0 Å². The monoisotopic (exact) mass is 114 g/mol. The average Bonchev–Trinajstić information content (AvgIpc) is 1.77. The minimum atomic E-state index is 0.220. The first-order chi connectivity index (χ1) is 3.79. The van der Waals surface area contributed by atoms with Gasteiger partial charge in [-0.3, -0.25) is 4.79 Å². The topological polar surface area (TPSA) is 43.4 Å². The Morgan fingerprint density at radius 1 is 1.38 bits per heavy atom. The fraction of sp³-hybridized carbons (Fsp3) is 0.800. The summed E-state index contributed by atoms with van der Waals surface area (Å²) in [6.07, 6.45) is 0.896. The maximum absolute atomic E-state index is 10.4. The molecule has 3 nitrogen and oxygen atoms in total. The Bertz CT molecular complexity index is 92.6. The first kappa shape index (κ1) is 5.72. The van der Waals surface area contributed by atoms with Gasteiger partial charge in [0.1, 0.15) is 5.78 Å². The van der Waals surface area contributed by atoms with Crippen LogP contribution in [0.15, 0.2) is 0 Å². The number of Topliss-reactive ketones (excluding diaryl/α,β-unsaturated/α-hetero) is 1. The van der Waals surface area contributed by atoms with Crippen LogP contribution in [-0.4, -0.2) is 23.9 Å². The molecule has 1 saturated heterocycles. The Hall–Kier alpha value is -0.410. The lowest BCUT2D eigenvalue weighted by atomic mass is 10.1. The van der Waals surface area contributed by atoms with E-state index in [0.29, 0.717) is 25.9 Å². The van der Waals surface area contributed by atoms with Gasteiger partial charge in [-0.15, -0.1) is 0 Å². The van der Waals surface area contributed by atoms with Gasteiger partial charge in [0.15, 0.2) is 0 Å². The standard InChI is InChI=1S/C5H8NO2/c7-5-1-3-6(8)4-2-5/h1-4H2/q-1. The summed E-state index contributed by atoms with van der Waals surface area (Å²) >= 11 is 0. The predicted octanol–water partition coefficient (Wildman–Crippen LogP) is 0.149. The van der Waals surface area contributed by atoms with Crippen molar-refractivity contribution in [1.29, 1.82) is 0 Å². The van der Waals surface area contributed by atoms with Gasteiger partial charge >= 0.3 is 0 Å². The molecule has 46 valence electrons. The molecule has 0 unspecified atom stereocenters. The Labute approximate surface area is 47.9 Å². The quantitative estimate of drug-likeness (QED) is 0.450. The van der Waals surface area contributed by atoms with Crippen molar-refractivity contribution in [3.8, 4) is 0 Å². The molecule has 1 heterocycles. The SMILES string of the molecule is O=C1CCN([O-])CC1. The van der Waals surface area contributed by atoms with Crippen LogP contribution in [0.3, 0.4) is 0 Å². The smallest absolute Gasteiger partial charge is 0.135 e. The second-order valence-electron chi connectivity index (χ2n) is 1.97. The molecule has 0 aliphatic carbocycles. The molecule has 0 spiro atoms. The molecule has 1 fully saturated rings. The van der Waals surface area contributed by atoms with Gasteiger partial charge in [-0.25, -0.2) is 0 Å². The normalized spacial score (nSPS) is 23.9. The molecular weight excluding hydrogens is 106 g/mol. The molecule has 8 heavy (non-hydrogen) atoms. The zero-order valence-corrected chi connectivity index (χ0v) is 4.59. The van der Waals surface area contributed by atoms with Crippen LogP contribution in [0.2, 0.25) is 0 Å². The van der Waals surface area contributed by atoms with Crippen LogP contribution >= 0.6 is 0 Å². The summed E-state index contributed by atoms with van der Waals surface area (Å²) in [6, 6.07) is 0. The third-order valence-corrected chi connectivity index (χ3v) is 1.28. The summed E-state index contributed by atoms with van der Waals surface area (Å²) in [5.41, 5.74) is 0. The summed E-state index contributed by atoms with van der Waals surface area (Å²) in [7, 11) is 0. The number of hydroxylamine groups is 2. The molecule has 1 aliphatic rings. The molecule has 0 bridgehead atoms. The highest BCUT2D eigenvalue weighted by Crippen LogP contribution is 2.01. The predicted molar refractivity (Wildman–Crippen MR) is 29.2 cm³/mol. The third-order valence-electron chi connectivity index (χ3n) is 1.28. The van der Waals surface area contributed by atoms with Gasteiger partial charge in [0, 0.05) is 12.8 Å². The fourth-order valence-electron chi connectivity index (χ4n) is 0.736. The molecule has 0 aromatic rings. The maximum atomic E-state index is 10.4. The number of hydrogen-bond acceptors (Lipinski definition) is 3. The lowest BCUT2D eigenvalue weighted by molar-refractivity contribution is -0.120. The number of hydrogen-bond donors (Lipinski definition) is 0. The molecule has 1 aliphatic heterocycles. The average molecular weight is 114 g/mol. The molecule has 0 amide bonds. The number of rotatable bonds is 0. The van der Waals surface area contributed by atoms with E-state index in [-0.39, 0.29) is 5.78 Å². The third kappa shape index (κ3) is 1.28. The van der Waals surface area contributed by atoms with Crippen molar-refractivity contribution in [2.75, 3.05) is 13.1 Å². The van der Waals surface area contributed by atoms with Gasteiger partial charge in [0.05, 0.1) is 0 Å². The minimum Gasteiger partial charge on any atom is -0.785 e. The second-order valence-corrected chi connectivity index (χ2v) is 1.97. The van der Waals surface area contributed by atoms with Crippen LogP contribution in [0.4, 0.5) is 0 Å². The summed E-state index contributed by atoms with van der Waals surface area (Å²) in [5, 5.41) is 11.3. The molecule has 3 heteroatoms. The van der Waals surface area contributed by atoms with E-state index in [1.54, 1.807) is 0 Å². The van der Waals surface area contributed by atoms with E-state index in [9.17, 15) is 10.0 Å². The molecular formula is C5H8NO2-. The number of carbonyl (C=O) groups excluding carboxylic acids is 1. The number of piperidine rings is 1. The van der Waals surface area contributed by atoms with Crippen LogP contribution in [0, 0.1) is 5.21 Å². The first-order valence-electron chi connectivity index (χ1n) is 2.73. The highest BCUT2D eigenvalue weighted by molar-refractivity contribution is 5.79. The molecule has 0 aromatic carbocycles. The summed E-state index contributed by atoms with van der Waals surface area (Å²) < 4.78 is 0. The highest BCUT2D eigenvalue weighted by atomic mass is 16.5. The van der Waals surface area contributed by atoms with Crippen LogP contribution in [0.1, 0.15) is 12.8 Å². The number of nitrogens with zero attached hydrogens (tertiary/aromatic N) is 1. The molecule has 0 atom stereocenters. The van der Waals surface area contributed by atoms with Crippen LogP contribution in [-0.2, 0) is 4.79 Å². The van der Waals surface area contributed by atoms with Crippen LogP contribution in [0.25, 0.3) is 0 Å². The fourth-order valence-corrected chi connectivity index (χ4v) is 0.736. The Kier molecular flexibility index (Phi) is 1.60. The van der Waals surface area contributed by atoms with Gasteiger partial charge < -0.3 is 10.3 Å². The maximum Gasteiger partial charge on any atom is 0.135 e. The van der Waals surface area contributed by atoms with Gasteiger partial charge in [-0.2, -0.15) is 0 Å². The minimum absolute atomic E-state index is 0.220. The molecule has 0 radical (unpaired) electrons. The first-order valence-corrected chi connectivity index (χ1v) is 2.73. The second kappa shape index (κ2) is 2.24. The Balaban J connectivity index is 2.29. The van der Waals surface area contributed by atoms with Crippen molar-refractivity contribution in [3.63, 3.8) is 0 Å². The highest BCUT2D eigenvalue weighted by Gasteiger charge is 2.07. The molecule has 0 N–H and O–H groups in total. The molecule has 0 aromatic heterocycles. The summed E-state index contributed by atoms with van der Waals surface area (Å²) in [5.74, 6) is 0.220. The Morgan fingerprint density at radius 3 is 2.25 bits per heavy atom. The van der Waals surface area contributed by atoms with Crippen molar-refractivity contribution >= 4 is 5.78 Å². The van der Waals surface area contributed by atoms with E-state index in [4.69, 9.17) is 0 Å². The van der Waals surface area contributed by atoms with Crippen molar-refractivity contribution in [2.24, 2.45) is 0 Å². The van der Waals surface area contributed by atoms with Gasteiger partial charge in [-0.05, 0) is 13.1 Å². The van der Waals surface area contributed by atoms with Gasteiger partial charge in [-0.1, -0.05) is 0 Å². The van der Waals surface area contributed by atoms with Crippen LogP contribution < -0.4 is 0 Å². The van der Waals surface area contributed by atoms with Gasteiger partial charge in [0.25, 0.3) is 0 Å². The lowest BCUT2D eigenvalue weighted by Crippen LogP contribution is -2.28. The largest absolute Gasteiger partial charge is 0.785 e. The summed E-state index contributed by atoms with van der Waals surface area (Å²) in [6.45, 7) is 0.803. The van der Waals surface area contributed by atoms with E-state index in [1.807, 2.05) is 0 Å². The van der Waals surface area contributed by atoms with Crippen molar-refractivity contribution in [1.82, 2.24) is 5.06 Å². The molecule has 1 rings (SSSR count). The summed E-state index contributed by atoms with van der Waals surface area (Å²) in [4.78, 5) is 10.4. The Morgan fingerprint density at radius 2 is 1.88 bits per heavy atom. The zero-order valence-electron chi connectivity index (χ0n) is 4.59. The van der Waals surface area contributed by atoms with Crippen molar-refractivity contribution in [2.45, 2.75) is 12.8 Å². The number of carbonyl (C=O) groups is 1. The van der Waals surface area contributed by atoms with Gasteiger partial charge in [0.2, 0.25) is 0 Å². The van der Waals surface area contributed by atoms with Crippen molar-refractivity contribution < 1.29 is 4.79 Å². The van der Waals surface area contributed by atoms with Crippen LogP contribution in [0.5, 0.6) is 0 Å². The zero-order chi connectivity index (χ0) is 5.98. The lowest BCUT2D eigenvalue weighted by Gasteiger charge is -2.30.